The lowest BCUT2D eigenvalue weighted by molar-refractivity contribution is 0.572. The normalized spacial score (nSPS) is 10.8. The molecule has 0 radical (unpaired) electrons. The Kier molecular flexibility index (Phi) is 3.35. The average molecular weight is 299 g/mol. The Morgan fingerprint density at radius 2 is 1.48 bits per heavy atom. The summed E-state index contributed by atoms with van der Waals surface area (Å²) in [5, 5.41) is 2.42. The first-order valence-electron chi connectivity index (χ1n) is 7.71. The van der Waals surface area contributed by atoms with Crippen molar-refractivity contribution in [1.82, 2.24) is 0 Å². The van der Waals surface area contributed by atoms with Crippen molar-refractivity contribution in [3.63, 3.8) is 0 Å². The number of hydrogen-bond acceptors (Lipinski definition) is 2. The van der Waals surface area contributed by atoms with Gasteiger partial charge >= 0.3 is 0 Å². The van der Waals surface area contributed by atoms with Gasteiger partial charge in [0.1, 0.15) is 0 Å². The van der Waals surface area contributed by atoms with Crippen LogP contribution in [0.3, 0.4) is 0 Å². The van der Waals surface area contributed by atoms with Gasteiger partial charge in [0.15, 0.2) is 0 Å². The molecule has 3 aromatic carbocycles. The van der Waals surface area contributed by atoms with Gasteiger partial charge in [0.2, 0.25) is 5.88 Å². The van der Waals surface area contributed by atoms with Gasteiger partial charge in [-0.2, -0.15) is 0 Å². The molecule has 0 amide bonds. The van der Waals surface area contributed by atoms with Crippen LogP contribution in [0.2, 0.25) is 0 Å². The molecule has 2 nitrogen and oxygen atoms in total. The summed E-state index contributed by atoms with van der Waals surface area (Å²) >= 11 is 0. The predicted molar refractivity (Wildman–Crippen MR) is 95.6 cm³/mol. The van der Waals surface area contributed by atoms with Crippen LogP contribution in [0, 0.1) is 6.92 Å². The molecular weight excluding hydrogens is 282 g/mol. The molecule has 112 valence electrons. The number of benzene rings is 3. The van der Waals surface area contributed by atoms with Gasteiger partial charge in [-0.05, 0) is 36.6 Å². The monoisotopic (exact) mass is 299 g/mol. The van der Waals surface area contributed by atoms with Crippen LogP contribution in [0.25, 0.3) is 10.8 Å². The first-order valence-corrected chi connectivity index (χ1v) is 7.71. The van der Waals surface area contributed by atoms with Crippen molar-refractivity contribution in [3.8, 4) is 0 Å². The fourth-order valence-corrected chi connectivity index (χ4v) is 2.94. The average Bonchev–Trinajstić information content (AvgIpc) is 3.02. The third kappa shape index (κ3) is 2.38. The smallest absolute Gasteiger partial charge is 0.207 e. The molecule has 0 saturated heterocycles. The summed E-state index contributed by atoms with van der Waals surface area (Å²) in [6, 6.07) is 27.1. The van der Waals surface area contributed by atoms with Crippen LogP contribution in [-0.4, -0.2) is 0 Å². The molecule has 0 spiro atoms. The van der Waals surface area contributed by atoms with Crippen molar-refractivity contribution in [3.05, 3.63) is 90.7 Å². The van der Waals surface area contributed by atoms with E-state index in [0.29, 0.717) is 0 Å². The van der Waals surface area contributed by atoms with Crippen molar-refractivity contribution < 1.29 is 4.42 Å². The molecule has 1 heterocycles. The third-order valence-corrected chi connectivity index (χ3v) is 4.06. The van der Waals surface area contributed by atoms with E-state index in [1.54, 1.807) is 6.26 Å². The number of para-hydroxylation sites is 1. The Hall–Kier alpha value is -3.00. The van der Waals surface area contributed by atoms with Crippen molar-refractivity contribution in [2.75, 3.05) is 4.90 Å². The van der Waals surface area contributed by atoms with Crippen molar-refractivity contribution >= 4 is 28.0 Å². The number of hydrogen-bond donors (Lipinski definition) is 0. The zero-order valence-corrected chi connectivity index (χ0v) is 12.9. The minimum atomic E-state index is 0.854. The standard InChI is InChI=1S/C21H17NO/c1-16-14-15-23-21(16)22(18-10-3-2-4-11-18)20-13-7-9-17-8-5-6-12-19(17)20/h2-15H,1H3. The molecule has 0 aliphatic carbocycles. The maximum absolute atomic E-state index is 5.81. The van der Waals surface area contributed by atoms with Gasteiger partial charge in [-0.15, -0.1) is 0 Å². The van der Waals surface area contributed by atoms with E-state index in [9.17, 15) is 0 Å². The molecule has 0 atom stereocenters. The van der Waals surface area contributed by atoms with Gasteiger partial charge in [-0.3, -0.25) is 4.90 Å². The molecule has 23 heavy (non-hydrogen) atoms. The first-order chi connectivity index (χ1) is 11.3. The van der Waals surface area contributed by atoms with E-state index in [2.05, 4.69) is 66.4 Å². The number of anilines is 3. The molecule has 0 fully saturated rings. The molecule has 0 bridgehead atoms. The van der Waals surface area contributed by atoms with Crippen molar-refractivity contribution in [2.24, 2.45) is 0 Å². The maximum atomic E-state index is 5.81. The number of aryl methyl sites for hydroxylation is 1. The molecule has 1 aromatic heterocycles. The van der Waals surface area contributed by atoms with Gasteiger partial charge in [0.05, 0.1) is 12.0 Å². The van der Waals surface area contributed by atoms with Gasteiger partial charge < -0.3 is 4.42 Å². The van der Waals surface area contributed by atoms with Gasteiger partial charge in [-0.25, -0.2) is 0 Å². The van der Waals surface area contributed by atoms with Crippen LogP contribution in [0.1, 0.15) is 5.56 Å². The Balaban J connectivity index is 2.00. The number of furan rings is 1. The highest BCUT2D eigenvalue weighted by Crippen LogP contribution is 2.40. The Bertz CT molecular complexity index is 935. The highest BCUT2D eigenvalue weighted by molar-refractivity contribution is 5.98. The van der Waals surface area contributed by atoms with Crippen LogP contribution in [0.15, 0.2) is 89.5 Å². The first kappa shape index (κ1) is 13.6. The molecule has 4 rings (SSSR count). The Morgan fingerprint density at radius 1 is 0.739 bits per heavy atom. The summed E-state index contributed by atoms with van der Waals surface area (Å²) in [5.74, 6) is 0.854. The molecule has 4 aromatic rings. The van der Waals surface area contributed by atoms with Crippen LogP contribution >= 0.6 is 0 Å². The quantitative estimate of drug-likeness (QED) is 0.447. The molecular formula is C21H17NO. The second-order valence-electron chi connectivity index (χ2n) is 5.58. The highest BCUT2D eigenvalue weighted by Gasteiger charge is 2.18. The van der Waals surface area contributed by atoms with Crippen molar-refractivity contribution in [2.45, 2.75) is 6.92 Å². The predicted octanol–water partition coefficient (Wildman–Crippen LogP) is 6.21. The van der Waals surface area contributed by atoms with E-state index >= 15 is 0 Å². The van der Waals surface area contributed by atoms with E-state index < -0.39 is 0 Å². The third-order valence-electron chi connectivity index (χ3n) is 4.06. The number of fused-ring (bicyclic) bond motifs is 1. The van der Waals surface area contributed by atoms with Gasteiger partial charge in [-0.1, -0.05) is 54.6 Å². The number of nitrogens with zero attached hydrogens (tertiary/aromatic N) is 1. The fraction of sp³-hybridized carbons (Fsp3) is 0.0476. The molecule has 0 saturated carbocycles. The second kappa shape index (κ2) is 5.65. The topological polar surface area (TPSA) is 16.4 Å². The lowest BCUT2D eigenvalue weighted by atomic mass is 10.1. The minimum Gasteiger partial charge on any atom is -0.448 e. The van der Waals surface area contributed by atoms with Crippen LogP contribution < -0.4 is 4.90 Å². The summed E-state index contributed by atoms with van der Waals surface area (Å²) in [6.07, 6.45) is 1.74. The lowest BCUT2D eigenvalue weighted by Crippen LogP contribution is -2.10. The summed E-state index contributed by atoms with van der Waals surface area (Å²) in [4.78, 5) is 2.18. The Labute approximate surface area is 135 Å². The van der Waals surface area contributed by atoms with E-state index in [0.717, 1.165) is 22.8 Å². The second-order valence-corrected chi connectivity index (χ2v) is 5.58. The summed E-state index contributed by atoms with van der Waals surface area (Å²) in [6.45, 7) is 2.07. The zero-order valence-electron chi connectivity index (χ0n) is 12.9. The summed E-state index contributed by atoms with van der Waals surface area (Å²) in [5.41, 5.74) is 3.32. The van der Waals surface area contributed by atoms with E-state index in [1.165, 1.54) is 10.8 Å². The zero-order chi connectivity index (χ0) is 15.6. The number of rotatable bonds is 3. The molecule has 2 heteroatoms. The van der Waals surface area contributed by atoms with E-state index in [4.69, 9.17) is 4.42 Å². The molecule has 0 unspecified atom stereocenters. The van der Waals surface area contributed by atoms with Gasteiger partial charge in [0.25, 0.3) is 0 Å². The van der Waals surface area contributed by atoms with Gasteiger partial charge in [0, 0.05) is 16.6 Å². The molecule has 0 aliphatic heterocycles. The van der Waals surface area contributed by atoms with Crippen LogP contribution in [0.4, 0.5) is 17.3 Å². The lowest BCUT2D eigenvalue weighted by Gasteiger charge is -2.24. The SMILES string of the molecule is Cc1ccoc1N(c1ccccc1)c1cccc2ccccc12. The minimum absolute atomic E-state index is 0.854. The fourth-order valence-electron chi connectivity index (χ4n) is 2.94. The van der Waals surface area contributed by atoms with Crippen molar-refractivity contribution in [1.29, 1.82) is 0 Å². The molecule has 0 N–H and O–H groups in total. The summed E-state index contributed by atoms with van der Waals surface area (Å²) in [7, 11) is 0. The highest BCUT2D eigenvalue weighted by atomic mass is 16.3. The van der Waals surface area contributed by atoms with Crippen LogP contribution in [0.5, 0.6) is 0 Å². The molecule has 0 aliphatic rings. The van der Waals surface area contributed by atoms with Crippen LogP contribution in [-0.2, 0) is 0 Å². The van der Waals surface area contributed by atoms with E-state index in [1.807, 2.05) is 24.3 Å². The van der Waals surface area contributed by atoms with E-state index in [-0.39, 0.29) is 0 Å². The largest absolute Gasteiger partial charge is 0.448 e. The summed E-state index contributed by atoms with van der Waals surface area (Å²) < 4.78 is 5.81. The Morgan fingerprint density at radius 3 is 2.26 bits per heavy atom. The maximum Gasteiger partial charge on any atom is 0.207 e.